The minimum atomic E-state index is -4.13. The summed E-state index contributed by atoms with van der Waals surface area (Å²) in [5, 5.41) is 11.3. The molecular weight excluding hydrogens is 171 g/mol. The van der Waals surface area contributed by atoms with Gasteiger partial charge in [-0.3, -0.25) is 0 Å². The number of aliphatic hydroxyl groups is 1. The fraction of sp³-hybridized carbons (Fsp3) is 1.00. The van der Waals surface area contributed by atoms with Gasteiger partial charge in [0, 0.05) is 12.6 Å². The minimum absolute atomic E-state index is 0.192. The highest BCUT2D eigenvalue weighted by Gasteiger charge is 2.29. The minimum Gasteiger partial charge on any atom is -0.392 e. The number of nitrogens with one attached hydrogen (secondary N) is 1. The molecule has 0 amide bonds. The Morgan fingerprint density at radius 1 is 1.33 bits per heavy atom. The van der Waals surface area contributed by atoms with Crippen molar-refractivity contribution in [3.63, 3.8) is 0 Å². The lowest BCUT2D eigenvalue weighted by molar-refractivity contribution is -0.139. The van der Waals surface area contributed by atoms with Gasteiger partial charge in [-0.15, -0.1) is 0 Å². The van der Waals surface area contributed by atoms with Crippen LogP contribution in [0.15, 0.2) is 0 Å². The van der Waals surface area contributed by atoms with Gasteiger partial charge in [0.2, 0.25) is 0 Å². The Balaban J connectivity index is 3.53. The van der Waals surface area contributed by atoms with E-state index in [-0.39, 0.29) is 6.54 Å². The first-order valence-corrected chi connectivity index (χ1v) is 3.79. The second-order valence-electron chi connectivity index (χ2n) is 2.98. The van der Waals surface area contributed by atoms with Gasteiger partial charge in [-0.05, 0) is 13.8 Å². The molecule has 0 spiro atoms. The molecule has 0 aliphatic rings. The summed E-state index contributed by atoms with van der Waals surface area (Å²) in [5.74, 6) is 0. The van der Waals surface area contributed by atoms with Crippen LogP contribution in [0.3, 0.4) is 0 Å². The summed E-state index contributed by atoms with van der Waals surface area (Å²) >= 11 is 0. The molecule has 1 unspecified atom stereocenters. The highest BCUT2D eigenvalue weighted by Crippen LogP contribution is 2.21. The Hall–Kier alpha value is -0.290. The second kappa shape index (κ2) is 4.67. The van der Waals surface area contributed by atoms with E-state index in [9.17, 15) is 13.2 Å². The van der Waals surface area contributed by atoms with E-state index in [1.165, 1.54) is 13.8 Å². The first kappa shape index (κ1) is 11.7. The topological polar surface area (TPSA) is 32.3 Å². The Kier molecular flexibility index (Phi) is 4.55. The Labute approximate surface area is 69.8 Å². The zero-order valence-electron chi connectivity index (χ0n) is 7.15. The molecule has 0 heterocycles. The van der Waals surface area contributed by atoms with Crippen molar-refractivity contribution in [2.24, 2.45) is 0 Å². The van der Waals surface area contributed by atoms with Crippen molar-refractivity contribution >= 4 is 0 Å². The van der Waals surface area contributed by atoms with Crippen LogP contribution in [0.5, 0.6) is 0 Å². The average Bonchev–Trinajstić information content (AvgIpc) is 1.79. The highest BCUT2D eigenvalue weighted by molar-refractivity contribution is 4.66. The van der Waals surface area contributed by atoms with Gasteiger partial charge in [0.1, 0.15) is 0 Å². The Morgan fingerprint density at radius 3 is 2.17 bits per heavy atom. The van der Waals surface area contributed by atoms with E-state index in [2.05, 4.69) is 5.32 Å². The lowest BCUT2D eigenvalue weighted by atomic mass is 10.2. The predicted molar refractivity (Wildman–Crippen MR) is 39.8 cm³/mol. The third-order valence-corrected chi connectivity index (χ3v) is 1.30. The number of hydrogen-bond donors (Lipinski definition) is 2. The first-order chi connectivity index (χ1) is 5.31. The number of rotatable bonds is 4. The smallest absolute Gasteiger partial charge is 0.390 e. The van der Waals surface area contributed by atoms with Crippen molar-refractivity contribution in [3.05, 3.63) is 0 Å². The van der Waals surface area contributed by atoms with Crippen LogP contribution in [0.25, 0.3) is 0 Å². The molecule has 2 atom stereocenters. The summed E-state index contributed by atoms with van der Waals surface area (Å²) in [6, 6.07) is -0.639. The molecule has 2 nitrogen and oxygen atoms in total. The van der Waals surface area contributed by atoms with Gasteiger partial charge < -0.3 is 10.4 Å². The van der Waals surface area contributed by atoms with E-state index in [0.29, 0.717) is 0 Å². The molecule has 0 fully saturated rings. The lowest BCUT2D eigenvalue weighted by Crippen LogP contribution is -2.35. The monoisotopic (exact) mass is 185 g/mol. The zero-order chi connectivity index (χ0) is 9.78. The van der Waals surface area contributed by atoms with Crippen LogP contribution in [0.4, 0.5) is 13.2 Å². The molecule has 5 heteroatoms. The zero-order valence-corrected chi connectivity index (χ0v) is 7.15. The van der Waals surface area contributed by atoms with E-state index in [1.807, 2.05) is 0 Å². The van der Waals surface area contributed by atoms with Gasteiger partial charge in [-0.2, -0.15) is 13.2 Å². The second-order valence-corrected chi connectivity index (χ2v) is 2.98. The molecule has 0 bridgehead atoms. The quantitative estimate of drug-likeness (QED) is 0.691. The van der Waals surface area contributed by atoms with Gasteiger partial charge in [0.15, 0.2) is 0 Å². The fourth-order valence-corrected chi connectivity index (χ4v) is 0.791. The van der Waals surface area contributed by atoms with Crippen LogP contribution in [0.1, 0.15) is 20.3 Å². The number of hydrogen-bond acceptors (Lipinski definition) is 2. The van der Waals surface area contributed by atoms with E-state index in [0.717, 1.165) is 0 Å². The van der Waals surface area contributed by atoms with Crippen LogP contribution >= 0.6 is 0 Å². The maximum Gasteiger partial charge on any atom is 0.390 e. The molecule has 0 aliphatic heterocycles. The molecule has 2 N–H and O–H groups in total. The third-order valence-electron chi connectivity index (χ3n) is 1.30. The normalized spacial score (nSPS) is 17.5. The number of aliphatic hydroxyl groups excluding tert-OH is 1. The molecular formula is C7H14F3NO. The molecule has 0 radical (unpaired) electrons. The molecule has 0 aromatic rings. The molecule has 12 heavy (non-hydrogen) atoms. The van der Waals surface area contributed by atoms with Crippen LogP contribution < -0.4 is 5.32 Å². The van der Waals surface area contributed by atoms with Gasteiger partial charge >= 0.3 is 6.18 Å². The van der Waals surface area contributed by atoms with Crippen LogP contribution in [0, 0.1) is 0 Å². The largest absolute Gasteiger partial charge is 0.392 e. The van der Waals surface area contributed by atoms with E-state index < -0.39 is 24.7 Å². The van der Waals surface area contributed by atoms with Gasteiger partial charge in [0.25, 0.3) is 0 Å². The third kappa shape index (κ3) is 7.81. The lowest BCUT2D eigenvalue weighted by Gasteiger charge is -2.16. The van der Waals surface area contributed by atoms with Crippen molar-refractivity contribution in [2.75, 3.05) is 6.54 Å². The summed E-state index contributed by atoms with van der Waals surface area (Å²) < 4.78 is 35.2. The Bertz CT molecular complexity index is 124. The first-order valence-electron chi connectivity index (χ1n) is 3.79. The molecule has 0 aromatic heterocycles. The van der Waals surface area contributed by atoms with E-state index in [4.69, 9.17) is 5.11 Å². The summed E-state index contributed by atoms with van der Waals surface area (Å²) in [6.45, 7) is 3.15. The van der Waals surface area contributed by atoms with Gasteiger partial charge in [-0.1, -0.05) is 0 Å². The standard InChI is InChI=1S/C7H14F3NO/c1-5(3-7(8,9)10)11-4-6(2)12/h5-6,11-12H,3-4H2,1-2H3/t5?,6-/m1/s1. The SMILES string of the molecule is CC(CC(F)(F)F)NC[C@@H](C)O. The van der Waals surface area contributed by atoms with Gasteiger partial charge in [-0.25, -0.2) is 0 Å². The Morgan fingerprint density at radius 2 is 1.83 bits per heavy atom. The molecule has 0 rings (SSSR count). The van der Waals surface area contributed by atoms with Crippen molar-refractivity contribution in [1.29, 1.82) is 0 Å². The summed E-state index contributed by atoms with van der Waals surface area (Å²) in [7, 11) is 0. The van der Waals surface area contributed by atoms with Crippen molar-refractivity contribution in [1.82, 2.24) is 5.32 Å². The molecule has 0 aromatic carbocycles. The molecule has 0 aliphatic carbocycles. The predicted octanol–water partition coefficient (Wildman–Crippen LogP) is 1.30. The number of halogens is 3. The van der Waals surface area contributed by atoms with E-state index >= 15 is 0 Å². The highest BCUT2D eigenvalue weighted by atomic mass is 19.4. The fourth-order valence-electron chi connectivity index (χ4n) is 0.791. The molecule has 0 saturated carbocycles. The van der Waals surface area contributed by atoms with Crippen molar-refractivity contribution in [2.45, 2.75) is 38.6 Å². The maximum atomic E-state index is 11.7. The maximum absolute atomic E-state index is 11.7. The van der Waals surface area contributed by atoms with Crippen LogP contribution in [-0.4, -0.2) is 30.0 Å². The number of alkyl halides is 3. The van der Waals surface area contributed by atoms with Crippen LogP contribution in [-0.2, 0) is 0 Å². The van der Waals surface area contributed by atoms with Crippen molar-refractivity contribution in [3.8, 4) is 0 Å². The summed E-state index contributed by atoms with van der Waals surface area (Å²) in [5.41, 5.74) is 0. The van der Waals surface area contributed by atoms with Crippen molar-refractivity contribution < 1.29 is 18.3 Å². The van der Waals surface area contributed by atoms with Gasteiger partial charge in [0.05, 0.1) is 12.5 Å². The van der Waals surface area contributed by atoms with Crippen LogP contribution in [0.2, 0.25) is 0 Å². The molecule has 74 valence electrons. The van der Waals surface area contributed by atoms with E-state index in [1.54, 1.807) is 0 Å². The summed E-state index contributed by atoms with van der Waals surface area (Å²) in [4.78, 5) is 0. The average molecular weight is 185 g/mol. The summed E-state index contributed by atoms with van der Waals surface area (Å²) in [6.07, 6.45) is -5.61. The molecule has 0 saturated heterocycles.